The average Bonchev–Trinajstić information content (AvgIpc) is 3.19. The number of aromatic nitrogens is 3. The van der Waals surface area contributed by atoms with E-state index in [-0.39, 0.29) is 0 Å². The molecule has 3 aromatic rings. The van der Waals surface area contributed by atoms with Crippen molar-refractivity contribution in [2.75, 3.05) is 11.4 Å². The van der Waals surface area contributed by atoms with Gasteiger partial charge in [0.05, 0.1) is 5.69 Å². The lowest BCUT2D eigenvalue weighted by Crippen LogP contribution is -2.46. The van der Waals surface area contributed by atoms with Crippen LogP contribution in [0.15, 0.2) is 30.5 Å². The Morgan fingerprint density at radius 1 is 1.12 bits per heavy atom. The van der Waals surface area contributed by atoms with E-state index in [0.29, 0.717) is 6.04 Å². The summed E-state index contributed by atoms with van der Waals surface area (Å²) >= 11 is 0. The molecule has 0 spiro atoms. The Bertz CT molecular complexity index is 940. The van der Waals surface area contributed by atoms with Gasteiger partial charge in [0.1, 0.15) is 0 Å². The van der Waals surface area contributed by atoms with Crippen molar-refractivity contribution < 1.29 is 0 Å². The van der Waals surface area contributed by atoms with E-state index in [9.17, 15) is 0 Å². The summed E-state index contributed by atoms with van der Waals surface area (Å²) in [6, 6.07) is 9.44. The van der Waals surface area contributed by atoms with Crippen LogP contribution in [-0.4, -0.2) is 27.1 Å². The maximum absolute atomic E-state index is 5.01. The second-order valence-electron chi connectivity index (χ2n) is 7.18. The van der Waals surface area contributed by atoms with Gasteiger partial charge in [-0.3, -0.25) is 0 Å². The molecule has 2 aromatic heterocycles. The maximum atomic E-state index is 5.01. The summed E-state index contributed by atoms with van der Waals surface area (Å²) in [5, 5.41) is 1.28. The van der Waals surface area contributed by atoms with Crippen molar-refractivity contribution in [1.82, 2.24) is 14.5 Å². The second kappa shape index (κ2) is 5.07. The Kier molecular flexibility index (Phi) is 2.96. The lowest BCUT2D eigenvalue weighted by molar-refractivity contribution is 0.470. The number of fused-ring (bicyclic) bond motifs is 2. The molecule has 3 heterocycles. The van der Waals surface area contributed by atoms with Gasteiger partial charge in [-0.1, -0.05) is 6.07 Å². The van der Waals surface area contributed by atoms with Crippen LogP contribution in [-0.2, 0) is 19.9 Å². The number of benzene rings is 1. The Labute approximate surface area is 142 Å². The van der Waals surface area contributed by atoms with Crippen LogP contribution in [0.3, 0.4) is 0 Å². The minimum atomic E-state index is 0.564. The molecule has 0 radical (unpaired) electrons. The second-order valence-corrected chi connectivity index (χ2v) is 7.18. The van der Waals surface area contributed by atoms with Crippen LogP contribution in [0.4, 0.5) is 5.95 Å². The molecule has 1 unspecified atom stereocenters. The molecular formula is C20H22N4. The van der Waals surface area contributed by atoms with E-state index in [0.717, 1.165) is 31.0 Å². The number of nitrogens with zero attached hydrogens (tertiary/aromatic N) is 4. The Balaban J connectivity index is 1.67. The summed E-state index contributed by atoms with van der Waals surface area (Å²) in [5.41, 5.74) is 6.27. The van der Waals surface area contributed by atoms with Crippen LogP contribution >= 0.6 is 0 Å². The van der Waals surface area contributed by atoms with E-state index in [4.69, 9.17) is 9.97 Å². The molecule has 1 aromatic carbocycles. The lowest BCUT2D eigenvalue weighted by Gasteiger charge is -2.39. The topological polar surface area (TPSA) is 34.0 Å². The normalized spacial score (nSPS) is 19.6. The Morgan fingerprint density at radius 2 is 2.04 bits per heavy atom. The van der Waals surface area contributed by atoms with Gasteiger partial charge in [-0.2, -0.15) is 0 Å². The Morgan fingerprint density at radius 3 is 2.83 bits per heavy atom. The standard InChI is InChI=1S/C20H22N4/c1-13-8-11-24(13)20-21-17-5-3-4-16(17)19(22-20)15-6-7-18-14(12-15)9-10-23(18)2/h6-7,9-10,12-13H,3-5,8,11H2,1-2H3. The molecule has 1 atom stereocenters. The van der Waals surface area contributed by atoms with Gasteiger partial charge < -0.3 is 9.47 Å². The highest BCUT2D eigenvalue weighted by molar-refractivity contribution is 5.85. The lowest BCUT2D eigenvalue weighted by atomic mass is 10.0. The molecule has 4 heteroatoms. The van der Waals surface area contributed by atoms with Crippen molar-refractivity contribution in [1.29, 1.82) is 0 Å². The van der Waals surface area contributed by atoms with Gasteiger partial charge >= 0.3 is 0 Å². The van der Waals surface area contributed by atoms with E-state index >= 15 is 0 Å². The van der Waals surface area contributed by atoms with E-state index in [1.807, 2.05) is 0 Å². The first-order valence-corrected chi connectivity index (χ1v) is 8.92. The molecule has 1 saturated heterocycles. The molecule has 0 amide bonds. The Hall–Kier alpha value is -2.36. The summed E-state index contributed by atoms with van der Waals surface area (Å²) in [6.45, 7) is 3.34. The molecule has 0 saturated carbocycles. The van der Waals surface area contributed by atoms with Crippen LogP contribution < -0.4 is 4.90 Å². The number of aryl methyl sites for hydroxylation is 2. The van der Waals surface area contributed by atoms with Gasteiger partial charge in [-0.05, 0) is 50.8 Å². The van der Waals surface area contributed by atoms with Gasteiger partial charge in [-0.15, -0.1) is 0 Å². The van der Waals surface area contributed by atoms with Crippen LogP contribution in [0.2, 0.25) is 0 Å². The fourth-order valence-corrected chi connectivity index (χ4v) is 4.03. The van der Waals surface area contributed by atoms with Gasteiger partial charge in [0.15, 0.2) is 0 Å². The summed E-state index contributed by atoms with van der Waals surface area (Å²) in [4.78, 5) is 12.2. The molecule has 0 bridgehead atoms. The van der Waals surface area contributed by atoms with Crippen LogP contribution in [0.25, 0.3) is 22.2 Å². The molecule has 4 nitrogen and oxygen atoms in total. The summed E-state index contributed by atoms with van der Waals surface area (Å²) in [7, 11) is 2.09. The minimum Gasteiger partial charge on any atom is -0.351 e. The van der Waals surface area contributed by atoms with E-state index in [2.05, 4.69) is 53.9 Å². The summed E-state index contributed by atoms with van der Waals surface area (Å²) < 4.78 is 2.16. The highest BCUT2D eigenvalue weighted by Gasteiger charge is 2.29. The SMILES string of the molecule is CC1CCN1c1nc2c(c(-c3ccc4c(ccn4C)c3)n1)CCC2. The van der Waals surface area contributed by atoms with E-state index in [1.54, 1.807) is 0 Å². The number of anilines is 1. The zero-order valence-electron chi connectivity index (χ0n) is 14.3. The predicted octanol–water partition coefficient (Wildman–Crippen LogP) is 3.72. The van der Waals surface area contributed by atoms with Crippen molar-refractivity contribution in [3.05, 3.63) is 41.7 Å². The molecule has 1 fully saturated rings. The van der Waals surface area contributed by atoms with Crippen LogP contribution in [0.5, 0.6) is 0 Å². The van der Waals surface area contributed by atoms with E-state index < -0.39 is 0 Å². The van der Waals surface area contributed by atoms with Crippen molar-refractivity contribution >= 4 is 16.9 Å². The third kappa shape index (κ3) is 1.98. The maximum Gasteiger partial charge on any atom is 0.226 e. The monoisotopic (exact) mass is 318 g/mol. The highest BCUT2D eigenvalue weighted by Crippen LogP contribution is 2.35. The van der Waals surface area contributed by atoms with Gasteiger partial charge in [0.25, 0.3) is 0 Å². The minimum absolute atomic E-state index is 0.564. The van der Waals surface area contributed by atoms with Gasteiger partial charge in [-0.25, -0.2) is 9.97 Å². The summed E-state index contributed by atoms with van der Waals surface area (Å²) in [6.07, 6.45) is 6.75. The zero-order chi connectivity index (χ0) is 16.3. The molecule has 122 valence electrons. The average molecular weight is 318 g/mol. The third-order valence-electron chi connectivity index (χ3n) is 5.66. The number of hydrogen-bond donors (Lipinski definition) is 0. The number of hydrogen-bond acceptors (Lipinski definition) is 3. The fourth-order valence-electron chi connectivity index (χ4n) is 4.03. The molecule has 5 rings (SSSR count). The number of rotatable bonds is 2. The predicted molar refractivity (Wildman–Crippen MR) is 97.4 cm³/mol. The molecule has 24 heavy (non-hydrogen) atoms. The van der Waals surface area contributed by atoms with Crippen molar-refractivity contribution in [2.45, 2.75) is 38.6 Å². The van der Waals surface area contributed by atoms with Crippen molar-refractivity contribution in [2.24, 2.45) is 7.05 Å². The molecular weight excluding hydrogens is 296 g/mol. The summed E-state index contributed by atoms with van der Waals surface area (Å²) in [5.74, 6) is 0.928. The van der Waals surface area contributed by atoms with E-state index in [1.165, 1.54) is 40.6 Å². The largest absolute Gasteiger partial charge is 0.351 e. The smallest absolute Gasteiger partial charge is 0.226 e. The van der Waals surface area contributed by atoms with Crippen LogP contribution in [0, 0.1) is 0 Å². The first kappa shape index (κ1) is 14.0. The first-order chi connectivity index (χ1) is 11.7. The van der Waals surface area contributed by atoms with Crippen molar-refractivity contribution in [3.63, 3.8) is 0 Å². The third-order valence-corrected chi connectivity index (χ3v) is 5.66. The van der Waals surface area contributed by atoms with Gasteiger partial charge in [0, 0.05) is 53.6 Å². The molecule has 2 aliphatic rings. The quantitative estimate of drug-likeness (QED) is 0.722. The molecule has 1 aliphatic heterocycles. The highest BCUT2D eigenvalue weighted by atomic mass is 15.3. The first-order valence-electron chi connectivity index (χ1n) is 8.92. The van der Waals surface area contributed by atoms with Crippen LogP contribution in [0.1, 0.15) is 31.0 Å². The molecule has 1 aliphatic carbocycles. The van der Waals surface area contributed by atoms with Gasteiger partial charge in [0.2, 0.25) is 5.95 Å². The van der Waals surface area contributed by atoms with Crippen molar-refractivity contribution in [3.8, 4) is 11.3 Å². The zero-order valence-corrected chi connectivity index (χ0v) is 14.3. The molecule has 0 N–H and O–H groups in total. The fraction of sp³-hybridized carbons (Fsp3) is 0.400.